The number of ether oxygens (including phenoxy) is 2. The number of hydrogen-bond acceptors (Lipinski definition) is 5. The Hall–Kier alpha value is -1.78. The summed E-state index contributed by atoms with van der Waals surface area (Å²) in [4.78, 5) is 26.1. The molecular weight excluding hydrogens is 320 g/mol. The Morgan fingerprint density at radius 1 is 1.12 bits per heavy atom. The Labute approximate surface area is 147 Å². The maximum atomic E-state index is 13.3. The van der Waals surface area contributed by atoms with Crippen molar-refractivity contribution in [2.45, 2.75) is 64.6 Å². The van der Waals surface area contributed by atoms with Crippen molar-refractivity contribution in [1.29, 1.82) is 0 Å². The fraction of sp³-hybridized carbons (Fsp3) is 0.700. The van der Waals surface area contributed by atoms with E-state index in [9.17, 15) is 9.59 Å². The average Bonchev–Trinajstić information content (AvgIpc) is 3.29. The smallest absolute Gasteiger partial charge is 0.317 e. The standard InChI is InChI=1S/C20H24O5/c1-12-4-6-18(3)17(2)7-8-20(18,25-15(17)21)19(12)10-14(24-16(19)22)13-5-9-23-11-13/h5,9,11-12,14H,4,6-8,10H2,1-3H3/t12-,14-,17?,18-,19+,20+/m1/s1. The average molecular weight is 344 g/mol. The normalized spacial score (nSPS) is 50.8. The van der Waals surface area contributed by atoms with Crippen LogP contribution in [0.2, 0.25) is 0 Å². The topological polar surface area (TPSA) is 65.7 Å². The van der Waals surface area contributed by atoms with Crippen LogP contribution in [0.1, 0.15) is 64.5 Å². The molecule has 6 atom stereocenters. The van der Waals surface area contributed by atoms with E-state index in [0.29, 0.717) is 6.42 Å². The summed E-state index contributed by atoms with van der Waals surface area (Å²) in [6.07, 6.45) is 6.86. The van der Waals surface area contributed by atoms with E-state index in [-0.39, 0.29) is 29.4 Å². The van der Waals surface area contributed by atoms with Crippen molar-refractivity contribution in [2.24, 2.45) is 22.2 Å². The molecule has 4 fully saturated rings. The maximum Gasteiger partial charge on any atom is 0.317 e. The molecule has 2 aliphatic heterocycles. The number of rotatable bonds is 1. The second-order valence-corrected chi connectivity index (χ2v) is 8.95. The molecule has 0 amide bonds. The molecule has 0 radical (unpaired) electrons. The SMILES string of the molecule is C[C@@H]1CC[C@]2(C)C3(C)CC[C@@]2(OC3=O)[C@@]12C[C@H](c1ccoc1)OC2=O. The number of cyclic esters (lactones) is 1. The molecule has 5 rings (SSSR count). The highest BCUT2D eigenvalue weighted by molar-refractivity contribution is 5.88. The van der Waals surface area contributed by atoms with Crippen molar-refractivity contribution in [3.8, 4) is 0 Å². The summed E-state index contributed by atoms with van der Waals surface area (Å²) in [6, 6.07) is 1.85. The summed E-state index contributed by atoms with van der Waals surface area (Å²) in [5.41, 5.74) is -1.42. The van der Waals surface area contributed by atoms with E-state index >= 15 is 0 Å². The lowest BCUT2D eigenvalue weighted by molar-refractivity contribution is -0.205. The molecule has 2 saturated heterocycles. The van der Waals surface area contributed by atoms with Gasteiger partial charge in [-0.2, -0.15) is 0 Å². The molecular formula is C20H24O5. The van der Waals surface area contributed by atoms with Crippen molar-refractivity contribution in [3.63, 3.8) is 0 Å². The highest BCUT2D eigenvalue weighted by atomic mass is 16.6. The maximum absolute atomic E-state index is 13.3. The van der Waals surface area contributed by atoms with E-state index in [4.69, 9.17) is 13.9 Å². The first-order chi connectivity index (χ1) is 11.8. The van der Waals surface area contributed by atoms with E-state index < -0.39 is 16.4 Å². The lowest BCUT2D eigenvalue weighted by Gasteiger charge is -2.55. The predicted octanol–water partition coefficient (Wildman–Crippen LogP) is 3.79. The van der Waals surface area contributed by atoms with Gasteiger partial charge in [-0.25, -0.2) is 0 Å². The molecule has 2 aliphatic carbocycles. The van der Waals surface area contributed by atoms with Crippen molar-refractivity contribution in [1.82, 2.24) is 0 Å². The van der Waals surface area contributed by atoms with Crippen molar-refractivity contribution in [3.05, 3.63) is 24.2 Å². The van der Waals surface area contributed by atoms with Crippen LogP contribution in [0.5, 0.6) is 0 Å². The van der Waals surface area contributed by atoms with Gasteiger partial charge in [0, 0.05) is 17.4 Å². The van der Waals surface area contributed by atoms with Crippen LogP contribution in [0.3, 0.4) is 0 Å². The Morgan fingerprint density at radius 2 is 1.92 bits per heavy atom. The largest absolute Gasteiger partial charge is 0.472 e. The Bertz CT molecular complexity index is 769. The van der Waals surface area contributed by atoms with Gasteiger partial charge in [-0.1, -0.05) is 13.8 Å². The number of carbonyl (C=O) groups is 2. The summed E-state index contributed by atoms with van der Waals surface area (Å²) < 4.78 is 17.2. The molecule has 1 unspecified atom stereocenters. The Kier molecular flexibility index (Phi) is 2.66. The molecule has 1 aromatic heterocycles. The van der Waals surface area contributed by atoms with Crippen LogP contribution >= 0.6 is 0 Å². The minimum absolute atomic E-state index is 0.123. The van der Waals surface area contributed by atoms with Crippen molar-refractivity contribution >= 4 is 11.9 Å². The first kappa shape index (κ1) is 15.5. The molecule has 134 valence electrons. The molecule has 1 spiro atoms. The summed E-state index contributed by atoms with van der Waals surface area (Å²) in [6.45, 7) is 6.31. The molecule has 0 N–H and O–H groups in total. The van der Waals surface area contributed by atoms with E-state index in [1.165, 1.54) is 0 Å². The fourth-order valence-corrected chi connectivity index (χ4v) is 6.65. The van der Waals surface area contributed by atoms with E-state index in [0.717, 1.165) is 31.2 Å². The van der Waals surface area contributed by atoms with Crippen LogP contribution < -0.4 is 0 Å². The number of hydrogen-bond donors (Lipinski definition) is 0. The van der Waals surface area contributed by atoms with Gasteiger partial charge in [-0.15, -0.1) is 0 Å². The van der Waals surface area contributed by atoms with Crippen molar-refractivity contribution in [2.75, 3.05) is 0 Å². The second kappa shape index (κ2) is 4.30. The zero-order valence-electron chi connectivity index (χ0n) is 15.0. The third-order valence-corrected chi connectivity index (χ3v) is 8.48. The molecule has 4 aliphatic rings. The third kappa shape index (κ3) is 1.38. The van der Waals surface area contributed by atoms with E-state index in [1.54, 1.807) is 12.5 Å². The molecule has 5 nitrogen and oxygen atoms in total. The van der Waals surface area contributed by atoms with Crippen LogP contribution in [0, 0.1) is 22.2 Å². The summed E-state index contributed by atoms with van der Waals surface area (Å²) in [7, 11) is 0. The van der Waals surface area contributed by atoms with Gasteiger partial charge >= 0.3 is 11.9 Å². The number of esters is 2. The van der Waals surface area contributed by atoms with Gasteiger partial charge in [-0.3, -0.25) is 9.59 Å². The third-order valence-electron chi connectivity index (χ3n) is 8.48. The van der Waals surface area contributed by atoms with Crippen LogP contribution in [0.25, 0.3) is 0 Å². The zero-order chi connectivity index (χ0) is 17.7. The van der Waals surface area contributed by atoms with Gasteiger partial charge < -0.3 is 13.9 Å². The van der Waals surface area contributed by atoms with Gasteiger partial charge in [0.05, 0.1) is 17.9 Å². The number of furan rings is 1. The van der Waals surface area contributed by atoms with Gasteiger partial charge in [0.1, 0.15) is 17.1 Å². The molecule has 2 saturated carbocycles. The summed E-state index contributed by atoms with van der Waals surface area (Å²) >= 11 is 0. The van der Waals surface area contributed by atoms with Gasteiger partial charge in [0.15, 0.2) is 0 Å². The van der Waals surface area contributed by atoms with E-state index in [2.05, 4.69) is 13.8 Å². The second-order valence-electron chi connectivity index (χ2n) is 8.95. The van der Waals surface area contributed by atoms with Gasteiger partial charge in [0.2, 0.25) is 0 Å². The lowest BCUT2D eigenvalue weighted by atomic mass is 9.46. The van der Waals surface area contributed by atoms with Crippen LogP contribution in [-0.2, 0) is 19.1 Å². The summed E-state index contributed by atoms with van der Waals surface area (Å²) in [5.74, 6) is -0.205. The Balaban J connectivity index is 1.68. The monoisotopic (exact) mass is 344 g/mol. The first-order valence-corrected chi connectivity index (χ1v) is 9.27. The molecule has 1 aromatic rings. The minimum Gasteiger partial charge on any atom is -0.472 e. The predicted molar refractivity (Wildman–Crippen MR) is 87.3 cm³/mol. The van der Waals surface area contributed by atoms with Crippen LogP contribution in [0.4, 0.5) is 0 Å². The molecule has 3 heterocycles. The molecule has 2 bridgehead atoms. The van der Waals surface area contributed by atoms with Gasteiger partial charge in [0.25, 0.3) is 0 Å². The molecule has 0 aromatic carbocycles. The van der Waals surface area contributed by atoms with E-state index in [1.807, 2.05) is 13.0 Å². The Morgan fingerprint density at radius 3 is 2.60 bits per heavy atom. The summed E-state index contributed by atoms with van der Waals surface area (Å²) in [5, 5.41) is 0. The quantitative estimate of drug-likeness (QED) is 0.725. The van der Waals surface area contributed by atoms with Gasteiger partial charge in [-0.05, 0) is 44.6 Å². The first-order valence-electron chi connectivity index (χ1n) is 9.27. The minimum atomic E-state index is -0.758. The van der Waals surface area contributed by atoms with Crippen LogP contribution in [0.15, 0.2) is 23.0 Å². The van der Waals surface area contributed by atoms with Crippen molar-refractivity contribution < 1.29 is 23.5 Å². The van der Waals surface area contributed by atoms with Crippen LogP contribution in [-0.4, -0.2) is 17.5 Å². The molecule has 5 heteroatoms. The fourth-order valence-electron chi connectivity index (χ4n) is 6.65. The molecule has 25 heavy (non-hydrogen) atoms. The highest BCUT2D eigenvalue weighted by Gasteiger charge is 2.85. The zero-order valence-corrected chi connectivity index (χ0v) is 15.0. The highest BCUT2D eigenvalue weighted by Crippen LogP contribution is 2.78. The lowest BCUT2D eigenvalue weighted by Crippen LogP contribution is -2.63. The number of carbonyl (C=O) groups excluding carboxylic acids is 2.